The Balaban J connectivity index is 2.98. The first kappa shape index (κ1) is 11.0. The van der Waals surface area contributed by atoms with Gasteiger partial charge in [-0.2, -0.15) is 0 Å². The second-order valence-electron chi connectivity index (χ2n) is 3.55. The molecule has 0 radical (unpaired) electrons. The molecular formula is C14H20. The van der Waals surface area contributed by atoms with Crippen molar-refractivity contribution in [2.24, 2.45) is 0 Å². The lowest BCUT2D eigenvalue weighted by Gasteiger charge is -2.06. The summed E-state index contributed by atoms with van der Waals surface area (Å²) in [6.07, 6.45) is 5.70. The first-order valence-electron chi connectivity index (χ1n) is 5.60. The van der Waals surface area contributed by atoms with Crippen LogP contribution in [0.2, 0.25) is 0 Å². The molecule has 0 N–H and O–H groups in total. The minimum absolute atomic E-state index is 1.12. The number of hydrogen-bond donors (Lipinski definition) is 0. The van der Waals surface area contributed by atoms with E-state index >= 15 is 0 Å². The molecule has 0 aromatic heterocycles. The van der Waals surface area contributed by atoms with Crippen molar-refractivity contribution in [1.29, 1.82) is 0 Å². The third kappa shape index (κ3) is 2.73. The van der Waals surface area contributed by atoms with Gasteiger partial charge in [-0.05, 0) is 36.0 Å². The van der Waals surface area contributed by atoms with Crippen LogP contribution >= 0.6 is 0 Å². The van der Waals surface area contributed by atoms with E-state index in [0.29, 0.717) is 0 Å². The molecule has 1 aromatic rings. The molecule has 14 heavy (non-hydrogen) atoms. The average molecular weight is 188 g/mol. The maximum absolute atomic E-state index is 2.33. The van der Waals surface area contributed by atoms with E-state index in [1.165, 1.54) is 16.7 Å². The molecule has 0 aliphatic carbocycles. The van der Waals surface area contributed by atoms with Crippen LogP contribution in [0.15, 0.2) is 30.3 Å². The number of rotatable bonds is 4. The molecule has 0 atom stereocenters. The lowest BCUT2D eigenvalue weighted by atomic mass is 9.99. The highest BCUT2D eigenvalue weighted by atomic mass is 14.0. The fourth-order valence-corrected chi connectivity index (χ4v) is 1.70. The lowest BCUT2D eigenvalue weighted by molar-refractivity contribution is 1.13. The van der Waals surface area contributed by atoms with Gasteiger partial charge in [0.1, 0.15) is 0 Å². The maximum atomic E-state index is 2.33. The highest BCUT2D eigenvalue weighted by Crippen LogP contribution is 2.19. The fourth-order valence-electron chi connectivity index (χ4n) is 1.70. The van der Waals surface area contributed by atoms with Gasteiger partial charge >= 0.3 is 0 Å². The highest BCUT2D eigenvalue weighted by Gasteiger charge is 1.98. The standard InChI is InChI=1S/C14H20/c1-4-8-13(6-3)14-10-7-9-12(5-2)11-14/h7-11H,4-6H2,1-3H3/b13-8-. The van der Waals surface area contributed by atoms with Gasteiger partial charge in [0, 0.05) is 0 Å². The summed E-state index contributed by atoms with van der Waals surface area (Å²) < 4.78 is 0. The predicted octanol–water partition coefficient (Wildman–Crippen LogP) is 4.45. The SMILES string of the molecule is CC/C=C(/CC)c1cccc(CC)c1. The Morgan fingerprint density at radius 3 is 2.57 bits per heavy atom. The molecule has 0 saturated carbocycles. The zero-order valence-electron chi connectivity index (χ0n) is 9.51. The molecule has 0 heteroatoms. The molecule has 0 aliphatic rings. The normalized spacial score (nSPS) is 11.8. The van der Waals surface area contributed by atoms with Crippen molar-refractivity contribution >= 4 is 5.57 Å². The molecule has 76 valence electrons. The average Bonchev–Trinajstić information content (AvgIpc) is 2.26. The van der Waals surface area contributed by atoms with E-state index in [-0.39, 0.29) is 0 Å². The molecule has 0 bridgehead atoms. The van der Waals surface area contributed by atoms with Crippen LogP contribution in [0.25, 0.3) is 5.57 Å². The van der Waals surface area contributed by atoms with E-state index in [1.54, 1.807) is 0 Å². The van der Waals surface area contributed by atoms with Gasteiger partial charge in [-0.1, -0.05) is 51.1 Å². The van der Waals surface area contributed by atoms with Crippen LogP contribution in [-0.4, -0.2) is 0 Å². The lowest BCUT2D eigenvalue weighted by Crippen LogP contribution is -1.86. The van der Waals surface area contributed by atoms with Gasteiger partial charge in [-0.25, -0.2) is 0 Å². The Bertz CT molecular complexity index is 308. The first-order chi connectivity index (χ1) is 6.81. The van der Waals surface area contributed by atoms with Crippen LogP contribution in [0, 0.1) is 0 Å². The van der Waals surface area contributed by atoms with Crippen molar-refractivity contribution in [2.75, 3.05) is 0 Å². The van der Waals surface area contributed by atoms with E-state index in [1.807, 2.05) is 0 Å². The molecule has 0 heterocycles. The molecule has 1 aromatic carbocycles. The zero-order chi connectivity index (χ0) is 10.4. The summed E-state index contributed by atoms with van der Waals surface area (Å²) in [7, 11) is 0. The van der Waals surface area contributed by atoms with E-state index in [0.717, 1.165) is 19.3 Å². The summed E-state index contributed by atoms with van der Waals surface area (Å²) in [6, 6.07) is 8.88. The van der Waals surface area contributed by atoms with Gasteiger partial charge in [-0.3, -0.25) is 0 Å². The van der Waals surface area contributed by atoms with E-state index in [9.17, 15) is 0 Å². The van der Waals surface area contributed by atoms with Crippen LogP contribution in [0.1, 0.15) is 44.7 Å². The van der Waals surface area contributed by atoms with Gasteiger partial charge in [0.2, 0.25) is 0 Å². The molecule has 0 amide bonds. The third-order valence-corrected chi connectivity index (χ3v) is 2.54. The van der Waals surface area contributed by atoms with E-state index < -0.39 is 0 Å². The Kier molecular flexibility index (Phi) is 4.45. The van der Waals surface area contributed by atoms with Crippen molar-refractivity contribution in [3.63, 3.8) is 0 Å². The Morgan fingerprint density at radius 1 is 1.21 bits per heavy atom. The van der Waals surface area contributed by atoms with Crippen molar-refractivity contribution in [2.45, 2.75) is 40.0 Å². The molecule has 0 spiro atoms. The minimum Gasteiger partial charge on any atom is -0.0810 e. The van der Waals surface area contributed by atoms with Gasteiger partial charge < -0.3 is 0 Å². The number of allylic oxidation sites excluding steroid dienone is 2. The predicted molar refractivity (Wildman–Crippen MR) is 64.4 cm³/mol. The third-order valence-electron chi connectivity index (χ3n) is 2.54. The van der Waals surface area contributed by atoms with Crippen LogP contribution < -0.4 is 0 Å². The first-order valence-corrected chi connectivity index (χ1v) is 5.60. The highest BCUT2D eigenvalue weighted by molar-refractivity contribution is 5.65. The molecule has 0 unspecified atom stereocenters. The summed E-state index contributed by atoms with van der Waals surface area (Å²) in [4.78, 5) is 0. The number of aryl methyl sites for hydroxylation is 1. The second-order valence-corrected chi connectivity index (χ2v) is 3.55. The van der Waals surface area contributed by atoms with Crippen molar-refractivity contribution < 1.29 is 0 Å². The summed E-state index contributed by atoms with van der Waals surface area (Å²) in [6.45, 7) is 6.62. The Labute approximate surface area is 87.7 Å². The van der Waals surface area contributed by atoms with Gasteiger partial charge in [0.05, 0.1) is 0 Å². The second kappa shape index (κ2) is 5.64. The Hall–Kier alpha value is -1.04. The molecule has 0 fully saturated rings. The van der Waals surface area contributed by atoms with E-state index in [4.69, 9.17) is 0 Å². The van der Waals surface area contributed by atoms with Crippen molar-refractivity contribution in [3.8, 4) is 0 Å². The monoisotopic (exact) mass is 188 g/mol. The summed E-state index contributed by atoms with van der Waals surface area (Å²) in [5.74, 6) is 0. The molecule has 0 aliphatic heterocycles. The fraction of sp³-hybridized carbons (Fsp3) is 0.429. The maximum Gasteiger partial charge on any atom is -0.0225 e. The minimum atomic E-state index is 1.12. The van der Waals surface area contributed by atoms with Crippen molar-refractivity contribution in [1.82, 2.24) is 0 Å². The van der Waals surface area contributed by atoms with Crippen LogP contribution in [0.5, 0.6) is 0 Å². The smallest absolute Gasteiger partial charge is 0.0225 e. The van der Waals surface area contributed by atoms with E-state index in [2.05, 4.69) is 51.1 Å². The molecule has 0 nitrogen and oxygen atoms in total. The summed E-state index contributed by atoms with van der Waals surface area (Å²) in [5, 5.41) is 0. The Morgan fingerprint density at radius 2 is 2.00 bits per heavy atom. The van der Waals surface area contributed by atoms with Gasteiger partial charge in [-0.15, -0.1) is 0 Å². The molecule has 0 saturated heterocycles. The number of benzene rings is 1. The quantitative estimate of drug-likeness (QED) is 0.654. The summed E-state index contributed by atoms with van der Waals surface area (Å²) >= 11 is 0. The zero-order valence-corrected chi connectivity index (χ0v) is 9.51. The van der Waals surface area contributed by atoms with Crippen LogP contribution in [0.3, 0.4) is 0 Å². The topological polar surface area (TPSA) is 0 Å². The van der Waals surface area contributed by atoms with Crippen LogP contribution in [0.4, 0.5) is 0 Å². The van der Waals surface area contributed by atoms with Gasteiger partial charge in [0.15, 0.2) is 0 Å². The molecular weight excluding hydrogens is 168 g/mol. The largest absolute Gasteiger partial charge is 0.0810 e. The number of hydrogen-bond acceptors (Lipinski definition) is 0. The van der Waals surface area contributed by atoms with Crippen LogP contribution in [-0.2, 0) is 6.42 Å². The molecule has 1 rings (SSSR count). The van der Waals surface area contributed by atoms with Crippen molar-refractivity contribution in [3.05, 3.63) is 41.5 Å². The van der Waals surface area contributed by atoms with Gasteiger partial charge in [0.25, 0.3) is 0 Å². The summed E-state index contributed by atoms with van der Waals surface area (Å²) in [5.41, 5.74) is 4.30.